The van der Waals surface area contributed by atoms with Crippen LogP contribution in [0.5, 0.6) is 0 Å². The molecule has 1 unspecified atom stereocenters. The van der Waals surface area contributed by atoms with Crippen LogP contribution in [0.25, 0.3) is 0 Å². The first-order valence-electron chi connectivity index (χ1n) is 4.19. The first-order chi connectivity index (χ1) is 7.19. The molecule has 2 rings (SSSR count). The molecule has 1 aromatic heterocycles. The van der Waals surface area contributed by atoms with Gasteiger partial charge >= 0.3 is 5.97 Å². The molecule has 3 nitrogen and oxygen atoms in total. The molecule has 0 bridgehead atoms. The van der Waals surface area contributed by atoms with Gasteiger partial charge in [-0.05, 0) is 0 Å². The quantitative estimate of drug-likeness (QED) is 0.778. The number of rotatable bonds is 2. The van der Waals surface area contributed by atoms with Crippen LogP contribution >= 0.6 is 46.2 Å². The molecule has 0 aromatic carbocycles. The highest BCUT2D eigenvalue weighted by atomic mass is 32.2. The fourth-order valence-electron chi connectivity index (χ4n) is 1.14. The Bertz CT molecular complexity index is 422. The maximum absolute atomic E-state index is 11.2. The molecule has 0 saturated carbocycles. The van der Waals surface area contributed by atoms with Crippen LogP contribution in [0.1, 0.15) is 6.42 Å². The van der Waals surface area contributed by atoms with Crippen molar-refractivity contribution in [3.63, 3.8) is 0 Å². The van der Waals surface area contributed by atoms with Crippen molar-refractivity contribution in [1.82, 2.24) is 0 Å². The standard InChI is InChI=1S/C8H8O3S4/c1-11-5(9)2-4-3-12-6-7(13-4)15-8(10)14-6/h4H,2-3H2,1H3. The Labute approximate surface area is 103 Å². The molecular weight excluding hydrogens is 272 g/mol. The van der Waals surface area contributed by atoms with Crippen molar-refractivity contribution < 1.29 is 9.53 Å². The molecule has 0 saturated heterocycles. The number of hydrogen-bond donors (Lipinski definition) is 0. The first-order valence-corrected chi connectivity index (χ1v) is 7.69. The smallest absolute Gasteiger partial charge is 0.306 e. The summed E-state index contributed by atoms with van der Waals surface area (Å²) in [6.45, 7) is 0. The van der Waals surface area contributed by atoms with E-state index in [0.29, 0.717) is 6.42 Å². The lowest BCUT2D eigenvalue weighted by atomic mass is 10.3. The van der Waals surface area contributed by atoms with Gasteiger partial charge in [0.2, 0.25) is 0 Å². The minimum atomic E-state index is -0.181. The lowest BCUT2D eigenvalue weighted by Gasteiger charge is -2.18. The van der Waals surface area contributed by atoms with E-state index in [-0.39, 0.29) is 15.3 Å². The molecule has 1 aliphatic heterocycles. The predicted molar refractivity (Wildman–Crippen MR) is 65.5 cm³/mol. The molecule has 1 atom stereocenters. The monoisotopic (exact) mass is 280 g/mol. The van der Waals surface area contributed by atoms with Crippen LogP contribution in [-0.4, -0.2) is 24.1 Å². The zero-order chi connectivity index (χ0) is 10.8. The zero-order valence-electron chi connectivity index (χ0n) is 7.85. The van der Waals surface area contributed by atoms with Gasteiger partial charge < -0.3 is 4.74 Å². The van der Waals surface area contributed by atoms with Gasteiger partial charge in [-0.2, -0.15) is 0 Å². The van der Waals surface area contributed by atoms with Crippen molar-refractivity contribution >= 4 is 52.2 Å². The molecule has 82 valence electrons. The highest BCUT2D eigenvalue weighted by molar-refractivity contribution is 8.08. The van der Waals surface area contributed by atoms with Gasteiger partial charge in [-0.15, -0.1) is 23.5 Å². The number of methoxy groups -OCH3 is 1. The first kappa shape index (κ1) is 11.5. The van der Waals surface area contributed by atoms with E-state index in [1.807, 2.05) is 0 Å². The van der Waals surface area contributed by atoms with Crippen molar-refractivity contribution in [3.8, 4) is 0 Å². The third kappa shape index (κ3) is 2.77. The molecule has 7 heteroatoms. The van der Waals surface area contributed by atoms with Crippen molar-refractivity contribution in [2.45, 2.75) is 20.1 Å². The Morgan fingerprint density at radius 2 is 2.20 bits per heavy atom. The van der Waals surface area contributed by atoms with E-state index >= 15 is 0 Å². The van der Waals surface area contributed by atoms with E-state index in [1.165, 1.54) is 29.8 Å². The molecule has 0 N–H and O–H groups in total. The van der Waals surface area contributed by atoms with Crippen LogP contribution < -0.4 is 4.06 Å². The average molecular weight is 280 g/mol. The van der Waals surface area contributed by atoms with Crippen LogP contribution in [0.15, 0.2) is 13.2 Å². The van der Waals surface area contributed by atoms with E-state index < -0.39 is 0 Å². The van der Waals surface area contributed by atoms with Gasteiger partial charge in [0.15, 0.2) is 0 Å². The minimum Gasteiger partial charge on any atom is -0.469 e. The summed E-state index contributed by atoms with van der Waals surface area (Å²) in [7, 11) is 1.40. The van der Waals surface area contributed by atoms with Gasteiger partial charge in [0.1, 0.15) is 0 Å². The van der Waals surface area contributed by atoms with E-state index in [2.05, 4.69) is 4.74 Å². The van der Waals surface area contributed by atoms with Gasteiger partial charge in [0, 0.05) is 11.0 Å². The number of esters is 1. The predicted octanol–water partition coefficient (Wildman–Crippen LogP) is 2.30. The molecule has 2 heterocycles. The van der Waals surface area contributed by atoms with Crippen LogP contribution in [0.4, 0.5) is 0 Å². The number of fused-ring (bicyclic) bond motifs is 1. The van der Waals surface area contributed by atoms with Gasteiger partial charge in [0.05, 0.1) is 21.9 Å². The third-order valence-corrected chi connectivity index (χ3v) is 7.42. The maximum Gasteiger partial charge on any atom is 0.306 e. The second-order valence-corrected chi connectivity index (χ2v) is 7.94. The zero-order valence-corrected chi connectivity index (χ0v) is 11.1. The van der Waals surface area contributed by atoms with Crippen LogP contribution in [0.3, 0.4) is 0 Å². The highest BCUT2D eigenvalue weighted by Gasteiger charge is 2.25. The Morgan fingerprint density at radius 3 is 2.93 bits per heavy atom. The van der Waals surface area contributed by atoms with Crippen LogP contribution in [0, 0.1) is 0 Å². The van der Waals surface area contributed by atoms with E-state index in [1.54, 1.807) is 23.5 Å². The van der Waals surface area contributed by atoms with Gasteiger partial charge in [-0.25, -0.2) is 0 Å². The third-order valence-electron chi connectivity index (χ3n) is 1.81. The van der Waals surface area contributed by atoms with Crippen molar-refractivity contribution in [2.75, 3.05) is 12.9 Å². The SMILES string of the molecule is COC(=O)CC1CSc2sc(=O)sc2S1. The summed E-state index contributed by atoms with van der Waals surface area (Å²) in [5.41, 5.74) is 0. The van der Waals surface area contributed by atoms with Crippen molar-refractivity contribution in [1.29, 1.82) is 0 Å². The van der Waals surface area contributed by atoms with E-state index in [0.717, 1.165) is 14.2 Å². The van der Waals surface area contributed by atoms with Crippen LogP contribution in [-0.2, 0) is 9.53 Å². The lowest BCUT2D eigenvalue weighted by molar-refractivity contribution is -0.140. The normalized spacial score (nSPS) is 19.7. The molecule has 15 heavy (non-hydrogen) atoms. The average Bonchev–Trinajstić information content (AvgIpc) is 2.57. The Morgan fingerprint density at radius 1 is 1.47 bits per heavy atom. The summed E-state index contributed by atoms with van der Waals surface area (Å²) in [4.78, 5) is 22.3. The van der Waals surface area contributed by atoms with Crippen molar-refractivity contribution in [3.05, 3.63) is 8.85 Å². The Kier molecular flexibility index (Phi) is 3.76. The molecule has 1 aliphatic rings. The van der Waals surface area contributed by atoms with Gasteiger partial charge in [-0.3, -0.25) is 9.59 Å². The largest absolute Gasteiger partial charge is 0.469 e. The maximum atomic E-state index is 11.2. The van der Waals surface area contributed by atoms with E-state index in [9.17, 15) is 9.59 Å². The van der Waals surface area contributed by atoms with E-state index in [4.69, 9.17) is 0 Å². The number of carbonyl (C=O) groups excluding carboxylic acids is 1. The topological polar surface area (TPSA) is 43.4 Å². The molecule has 0 aliphatic carbocycles. The lowest BCUT2D eigenvalue weighted by Crippen LogP contribution is -2.15. The minimum absolute atomic E-state index is 0.138. The summed E-state index contributed by atoms with van der Waals surface area (Å²) in [5.74, 6) is 0.693. The number of ether oxygens (including phenoxy) is 1. The molecule has 0 spiro atoms. The van der Waals surface area contributed by atoms with Crippen molar-refractivity contribution in [2.24, 2.45) is 0 Å². The molecule has 0 fully saturated rings. The fraction of sp³-hybridized carbons (Fsp3) is 0.500. The number of carbonyl (C=O) groups is 1. The number of hydrogen-bond acceptors (Lipinski definition) is 7. The highest BCUT2D eigenvalue weighted by Crippen LogP contribution is 2.45. The second-order valence-electron chi connectivity index (χ2n) is 2.86. The number of thioether (sulfide) groups is 2. The molecule has 1 aromatic rings. The summed E-state index contributed by atoms with van der Waals surface area (Å²) in [5, 5.41) is 0.236. The Balaban J connectivity index is 2.05. The molecular formula is C8H8O3S4. The molecule has 0 amide bonds. The Hall–Kier alpha value is 0.0200. The van der Waals surface area contributed by atoms with Gasteiger partial charge in [-0.1, -0.05) is 22.7 Å². The molecule has 0 radical (unpaired) electrons. The van der Waals surface area contributed by atoms with Crippen LogP contribution in [0.2, 0.25) is 0 Å². The summed E-state index contributed by atoms with van der Waals surface area (Å²) >= 11 is 5.89. The second kappa shape index (κ2) is 4.90. The summed E-state index contributed by atoms with van der Waals surface area (Å²) in [6.07, 6.45) is 0.421. The summed E-state index contributed by atoms with van der Waals surface area (Å²) < 4.78 is 6.94. The fourth-order valence-corrected chi connectivity index (χ4v) is 6.90. The van der Waals surface area contributed by atoms with Gasteiger partial charge in [0.25, 0.3) is 4.06 Å². The summed E-state index contributed by atoms with van der Waals surface area (Å²) in [6, 6.07) is 0.